The van der Waals surface area contributed by atoms with Crippen molar-refractivity contribution < 1.29 is 24.2 Å². The van der Waals surface area contributed by atoms with Crippen LogP contribution >= 0.6 is 0 Å². The molecule has 1 N–H and O–H groups in total. The van der Waals surface area contributed by atoms with E-state index in [0.29, 0.717) is 12.8 Å². The molecule has 0 aromatic rings. The Labute approximate surface area is 379 Å². The van der Waals surface area contributed by atoms with E-state index in [1.807, 2.05) is 12.2 Å². The van der Waals surface area contributed by atoms with E-state index in [1.54, 1.807) is 0 Å². The predicted molar refractivity (Wildman–Crippen MR) is 269 cm³/mol. The molecule has 5 nitrogen and oxygen atoms in total. The molecular weight excluding hydrogens is 765 g/mol. The molecule has 0 aliphatic carbocycles. The molecule has 0 aliphatic heterocycles. The van der Waals surface area contributed by atoms with E-state index in [4.69, 9.17) is 9.47 Å². The number of carbonyl (C=O) groups is 2. The highest BCUT2D eigenvalue weighted by molar-refractivity contribution is 5.70. The minimum atomic E-state index is -0.827. The van der Waals surface area contributed by atoms with Crippen molar-refractivity contribution in [3.8, 4) is 0 Å². The minimum Gasteiger partial charge on any atom is -0.462 e. The zero-order valence-electron chi connectivity index (χ0n) is 38.8. The number of hydrogen-bond donors (Lipinski definition) is 1. The Hall–Kier alpha value is -4.74. The average molecular weight is 849 g/mol. The van der Waals surface area contributed by atoms with Gasteiger partial charge in [0.2, 0.25) is 0 Å². The van der Waals surface area contributed by atoms with Crippen molar-refractivity contribution >= 4 is 11.9 Å². The lowest BCUT2D eigenvalue weighted by atomic mass is 10.1. The summed E-state index contributed by atoms with van der Waals surface area (Å²) in [4.78, 5) is 24.3. The molecular formula is C57H84O5. The molecule has 0 aromatic carbocycles. The number of aliphatic hydroxyl groups excluding tert-OH is 1. The molecule has 0 aliphatic rings. The van der Waals surface area contributed by atoms with Gasteiger partial charge in [-0.15, -0.1) is 0 Å². The highest BCUT2D eigenvalue weighted by Crippen LogP contribution is 2.09. The molecule has 0 saturated carbocycles. The van der Waals surface area contributed by atoms with Gasteiger partial charge in [-0.3, -0.25) is 9.59 Å². The van der Waals surface area contributed by atoms with E-state index in [1.165, 1.54) is 0 Å². The summed E-state index contributed by atoms with van der Waals surface area (Å²) < 4.78 is 10.5. The third-order valence-electron chi connectivity index (χ3n) is 9.02. The fourth-order valence-electron chi connectivity index (χ4n) is 5.53. The Kier molecular flexibility index (Phi) is 46.7. The Balaban J connectivity index is 3.75. The molecule has 0 spiro atoms. The molecule has 0 radical (unpaired) electrons. The topological polar surface area (TPSA) is 72.8 Å². The third kappa shape index (κ3) is 47.9. The van der Waals surface area contributed by atoms with Crippen LogP contribution in [0.2, 0.25) is 0 Å². The largest absolute Gasteiger partial charge is 0.462 e. The number of unbranched alkanes of at least 4 members (excludes halogenated alkanes) is 4. The lowest BCUT2D eigenvalue weighted by Crippen LogP contribution is -2.28. The van der Waals surface area contributed by atoms with Gasteiger partial charge in [0.25, 0.3) is 0 Å². The first-order valence-corrected chi connectivity index (χ1v) is 23.7. The van der Waals surface area contributed by atoms with Gasteiger partial charge >= 0.3 is 11.9 Å². The molecule has 5 heteroatoms. The van der Waals surface area contributed by atoms with Crippen LogP contribution < -0.4 is 0 Å². The fraction of sp³-hybridized carbons (Fsp3) is 0.474. The van der Waals surface area contributed by atoms with Crippen LogP contribution in [0.1, 0.15) is 155 Å². The zero-order valence-corrected chi connectivity index (χ0v) is 38.8. The molecule has 62 heavy (non-hydrogen) atoms. The highest BCUT2D eigenvalue weighted by atomic mass is 16.6. The van der Waals surface area contributed by atoms with Gasteiger partial charge in [0.05, 0.1) is 6.61 Å². The lowest BCUT2D eigenvalue weighted by Gasteiger charge is -2.15. The number of allylic oxidation sites excluding steroid dienone is 28. The first-order chi connectivity index (χ1) is 30.6. The van der Waals surface area contributed by atoms with Gasteiger partial charge in [0.15, 0.2) is 6.10 Å². The van der Waals surface area contributed by atoms with Crippen LogP contribution in [0.15, 0.2) is 170 Å². The summed E-state index contributed by atoms with van der Waals surface area (Å²) in [5, 5.41) is 9.57. The van der Waals surface area contributed by atoms with Gasteiger partial charge in [0.1, 0.15) is 6.61 Å². The minimum absolute atomic E-state index is 0.127. The summed E-state index contributed by atoms with van der Waals surface area (Å²) in [5.74, 6) is -0.734. The quantitative estimate of drug-likeness (QED) is 0.0378. The second-order valence-electron chi connectivity index (χ2n) is 14.7. The fourth-order valence-corrected chi connectivity index (χ4v) is 5.53. The van der Waals surface area contributed by atoms with Gasteiger partial charge < -0.3 is 14.6 Å². The smallest absolute Gasteiger partial charge is 0.306 e. The summed E-state index contributed by atoms with van der Waals surface area (Å²) in [6.07, 6.45) is 80.2. The van der Waals surface area contributed by atoms with Crippen LogP contribution in [0, 0.1) is 0 Å². The highest BCUT2D eigenvalue weighted by Gasteiger charge is 2.15. The number of aliphatic hydroxyl groups is 1. The Morgan fingerprint density at radius 2 is 0.677 bits per heavy atom. The average Bonchev–Trinajstić information content (AvgIpc) is 3.28. The maximum Gasteiger partial charge on any atom is 0.306 e. The predicted octanol–water partition coefficient (Wildman–Crippen LogP) is 15.8. The SMILES string of the molecule is CC/C=C\C/C=C\C/C=C\C/C=C\C/C=C\C/C=C\C/C=C\C/C=C\C/C=C\C/C=C\CCCCCCC(=O)OC(CO)COC(=O)CC/C=C\C/C=C\C/C=C\C/C=C\CC. The Bertz CT molecular complexity index is 1470. The van der Waals surface area contributed by atoms with Crippen LogP contribution in [0.3, 0.4) is 0 Å². The summed E-state index contributed by atoms with van der Waals surface area (Å²) in [6, 6.07) is 0. The first-order valence-electron chi connectivity index (χ1n) is 23.7. The van der Waals surface area contributed by atoms with E-state index in [0.717, 1.165) is 122 Å². The normalized spacial score (nSPS) is 13.8. The Morgan fingerprint density at radius 3 is 1.02 bits per heavy atom. The van der Waals surface area contributed by atoms with Gasteiger partial charge in [-0.05, 0) is 116 Å². The first kappa shape index (κ1) is 57.3. The van der Waals surface area contributed by atoms with E-state index in [2.05, 4.69) is 172 Å². The Morgan fingerprint density at radius 1 is 0.371 bits per heavy atom. The number of esters is 2. The van der Waals surface area contributed by atoms with Crippen molar-refractivity contribution in [3.05, 3.63) is 170 Å². The monoisotopic (exact) mass is 849 g/mol. The molecule has 0 bridgehead atoms. The summed E-state index contributed by atoms with van der Waals surface area (Å²) >= 11 is 0. The zero-order chi connectivity index (χ0) is 44.9. The van der Waals surface area contributed by atoms with Crippen LogP contribution in [0.5, 0.6) is 0 Å². The van der Waals surface area contributed by atoms with Crippen molar-refractivity contribution in [3.63, 3.8) is 0 Å². The molecule has 0 heterocycles. The summed E-state index contributed by atoms with van der Waals surface area (Å²) in [6.45, 7) is 3.79. The molecule has 1 atom stereocenters. The summed E-state index contributed by atoms with van der Waals surface area (Å²) in [5.41, 5.74) is 0. The van der Waals surface area contributed by atoms with Gasteiger partial charge in [0, 0.05) is 12.8 Å². The van der Waals surface area contributed by atoms with Crippen molar-refractivity contribution in [1.29, 1.82) is 0 Å². The maximum atomic E-state index is 12.2. The number of ether oxygens (including phenoxy) is 2. The molecule has 342 valence electrons. The number of carbonyl (C=O) groups excluding carboxylic acids is 2. The van der Waals surface area contributed by atoms with Crippen molar-refractivity contribution in [1.82, 2.24) is 0 Å². The second-order valence-corrected chi connectivity index (χ2v) is 14.7. The van der Waals surface area contributed by atoms with Crippen LogP contribution in [-0.4, -0.2) is 36.4 Å². The van der Waals surface area contributed by atoms with Crippen molar-refractivity contribution in [2.45, 2.75) is 161 Å². The third-order valence-corrected chi connectivity index (χ3v) is 9.02. The number of hydrogen-bond acceptors (Lipinski definition) is 5. The van der Waals surface area contributed by atoms with E-state index in [-0.39, 0.29) is 31.6 Å². The second kappa shape index (κ2) is 50.6. The van der Waals surface area contributed by atoms with E-state index in [9.17, 15) is 14.7 Å². The van der Waals surface area contributed by atoms with Crippen molar-refractivity contribution in [2.75, 3.05) is 13.2 Å². The summed E-state index contributed by atoms with van der Waals surface area (Å²) in [7, 11) is 0. The van der Waals surface area contributed by atoms with Crippen LogP contribution in [0.4, 0.5) is 0 Å². The van der Waals surface area contributed by atoms with Crippen LogP contribution in [-0.2, 0) is 19.1 Å². The van der Waals surface area contributed by atoms with Crippen molar-refractivity contribution in [2.24, 2.45) is 0 Å². The maximum absolute atomic E-state index is 12.2. The molecule has 0 fully saturated rings. The van der Waals surface area contributed by atoms with Crippen LogP contribution in [0.25, 0.3) is 0 Å². The molecule has 0 aromatic heterocycles. The molecule has 0 rings (SSSR count). The molecule has 0 saturated heterocycles. The van der Waals surface area contributed by atoms with Gasteiger partial charge in [-0.1, -0.05) is 197 Å². The van der Waals surface area contributed by atoms with E-state index >= 15 is 0 Å². The molecule has 1 unspecified atom stereocenters. The standard InChI is InChI=1S/C57H84O5/c1-3-5-7-9-11-13-15-17-18-19-20-21-22-23-24-25-26-27-28-29-30-31-32-33-34-35-36-37-38-40-42-44-46-48-50-52-57(60)62-55(53-58)54-61-56(59)51-49-47-45-43-41-39-16-14-12-10-8-6-4-2/h5-8,11-14,17-18,20-21,23-24,26-27,29-30,32-33,35-36,38-41,45,47,55,58H,3-4,9-10,15-16,19,22,25,28,31,34,37,42-44,46,48-54H2,1-2H3/b7-5-,8-6-,13-11-,14-12-,18-17-,21-20-,24-23-,27-26-,30-29-,33-32-,36-35-,40-38-,41-39-,47-45-. The van der Waals surface area contributed by atoms with E-state index < -0.39 is 6.10 Å². The number of rotatable bonds is 40. The molecule has 0 amide bonds. The van der Waals surface area contributed by atoms with Gasteiger partial charge in [-0.25, -0.2) is 0 Å². The lowest BCUT2D eigenvalue weighted by molar-refractivity contribution is -0.161. The van der Waals surface area contributed by atoms with Gasteiger partial charge in [-0.2, -0.15) is 0 Å².